The Hall–Kier alpha value is -2.89. The minimum absolute atomic E-state index is 0.194. The second kappa shape index (κ2) is 5.85. The average Bonchev–Trinajstić information content (AvgIpc) is 2.97. The van der Waals surface area contributed by atoms with E-state index in [1.807, 2.05) is 55.4 Å². The molecule has 1 amide bonds. The lowest BCUT2D eigenvalue weighted by Crippen LogP contribution is -2.23. The third-order valence-electron chi connectivity index (χ3n) is 3.41. The molecule has 22 heavy (non-hydrogen) atoms. The van der Waals surface area contributed by atoms with Crippen molar-refractivity contribution in [2.45, 2.75) is 6.54 Å². The molecule has 0 saturated heterocycles. The summed E-state index contributed by atoms with van der Waals surface area (Å²) < 4.78 is 0. The molecule has 1 aromatic carbocycles. The largest absolute Gasteiger partial charge is 0.363 e. The van der Waals surface area contributed by atoms with Gasteiger partial charge >= 0.3 is 0 Å². The van der Waals surface area contributed by atoms with E-state index >= 15 is 0 Å². The van der Waals surface area contributed by atoms with E-state index in [9.17, 15) is 4.79 Å². The molecule has 3 aromatic rings. The number of para-hydroxylation sites is 1. The topological polar surface area (TPSA) is 73.9 Å². The second-order valence-corrected chi connectivity index (χ2v) is 5.22. The standard InChI is InChI=1S/C16H17N5O/c1-21(2)14-9-11(7-8-17-14)10-18-16(22)15-12-5-3-4-6-13(12)19-20-15/h3-9H,10H2,1-2H3,(H,18,22)(H,19,20). The van der Waals surface area contributed by atoms with Crippen LogP contribution in [0.4, 0.5) is 5.82 Å². The Labute approximate surface area is 128 Å². The van der Waals surface area contributed by atoms with Gasteiger partial charge in [-0.1, -0.05) is 18.2 Å². The normalized spacial score (nSPS) is 10.6. The Morgan fingerprint density at radius 1 is 1.27 bits per heavy atom. The van der Waals surface area contributed by atoms with E-state index in [1.165, 1.54) is 0 Å². The zero-order valence-corrected chi connectivity index (χ0v) is 12.5. The summed E-state index contributed by atoms with van der Waals surface area (Å²) in [5.74, 6) is 0.664. The first kappa shape index (κ1) is 14.1. The molecule has 0 aliphatic rings. The zero-order chi connectivity index (χ0) is 15.5. The maximum Gasteiger partial charge on any atom is 0.272 e. The lowest BCUT2D eigenvalue weighted by atomic mass is 10.2. The molecule has 0 spiro atoms. The Morgan fingerprint density at radius 2 is 2.09 bits per heavy atom. The third kappa shape index (κ3) is 2.76. The van der Waals surface area contributed by atoms with E-state index < -0.39 is 0 Å². The number of pyridine rings is 1. The van der Waals surface area contributed by atoms with Crippen molar-refractivity contribution in [3.63, 3.8) is 0 Å². The molecule has 0 radical (unpaired) electrons. The molecule has 0 aliphatic carbocycles. The first-order valence-electron chi connectivity index (χ1n) is 6.98. The molecule has 2 aromatic heterocycles. The molecule has 3 rings (SSSR count). The van der Waals surface area contributed by atoms with Crippen LogP contribution in [0.25, 0.3) is 10.9 Å². The van der Waals surface area contributed by atoms with Crippen LogP contribution >= 0.6 is 0 Å². The molecule has 2 N–H and O–H groups in total. The van der Waals surface area contributed by atoms with Crippen LogP contribution in [0, 0.1) is 0 Å². The Morgan fingerprint density at radius 3 is 2.91 bits per heavy atom. The summed E-state index contributed by atoms with van der Waals surface area (Å²) in [5, 5.41) is 10.7. The van der Waals surface area contributed by atoms with Gasteiger partial charge in [0.25, 0.3) is 5.91 Å². The van der Waals surface area contributed by atoms with Crippen LogP contribution in [-0.4, -0.2) is 35.2 Å². The highest BCUT2D eigenvalue weighted by atomic mass is 16.1. The van der Waals surface area contributed by atoms with Gasteiger partial charge in [-0.15, -0.1) is 0 Å². The van der Waals surface area contributed by atoms with Crippen LogP contribution in [-0.2, 0) is 6.54 Å². The van der Waals surface area contributed by atoms with Crippen LogP contribution in [0.2, 0.25) is 0 Å². The van der Waals surface area contributed by atoms with Crippen molar-refractivity contribution in [2.75, 3.05) is 19.0 Å². The van der Waals surface area contributed by atoms with Crippen molar-refractivity contribution in [3.05, 3.63) is 53.9 Å². The van der Waals surface area contributed by atoms with E-state index in [4.69, 9.17) is 0 Å². The highest BCUT2D eigenvalue weighted by molar-refractivity contribution is 6.04. The quantitative estimate of drug-likeness (QED) is 0.771. The first-order chi connectivity index (χ1) is 10.6. The summed E-state index contributed by atoms with van der Waals surface area (Å²) >= 11 is 0. The zero-order valence-electron chi connectivity index (χ0n) is 12.5. The van der Waals surface area contributed by atoms with Crippen molar-refractivity contribution < 1.29 is 4.79 Å². The van der Waals surface area contributed by atoms with E-state index in [1.54, 1.807) is 6.20 Å². The number of hydrogen-bond acceptors (Lipinski definition) is 4. The highest BCUT2D eigenvalue weighted by Gasteiger charge is 2.13. The molecule has 0 fully saturated rings. The van der Waals surface area contributed by atoms with E-state index in [0.717, 1.165) is 22.3 Å². The molecule has 0 atom stereocenters. The number of nitrogens with one attached hydrogen (secondary N) is 2. The predicted octanol–water partition coefficient (Wildman–Crippen LogP) is 1.95. The predicted molar refractivity (Wildman–Crippen MR) is 85.8 cm³/mol. The number of anilines is 1. The fraction of sp³-hybridized carbons (Fsp3) is 0.188. The lowest BCUT2D eigenvalue weighted by Gasteiger charge is -2.12. The van der Waals surface area contributed by atoms with E-state index in [2.05, 4.69) is 20.5 Å². The van der Waals surface area contributed by atoms with Gasteiger partial charge in [-0.05, 0) is 23.8 Å². The number of carbonyl (C=O) groups excluding carboxylic acids is 1. The van der Waals surface area contributed by atoms with Gasteiger partial charge in [0, 0.05) is 32.2 Å². The second-order valence-electron chi connectivity index (χ2n) is 5.22. The highest BCUT2D eigenvalue weighted by Crippen LogP contribution is 2.15. The average molecular weight is 295 g/mol. The molecule has 6 heteroatoms. The molecule has 0 saturated carbocycles. The van der Waals surface area contributed by atoms with Crippen LogP contribution in [0.3, 0.4) is 0 Å². The van der Waals surface area contributed by atoms with Gasteiger partial charge in [0.05, 0.1) is 5.52 Å². The van der Waals surface area contributed by atoms with Crippen molar-refractivity contribution >= 4 is 22.6 Å². The molecular weight excluding hydrogens is 278 g/mol. The lowest BCUT2D eigenvalue weighted by molar-refractivity contribution is 0.0947. The number of H-pyrrole nitrogens is 1. The number of nitrogens with zero attached hydrogens (tertiary/aromatic N) is 3. The molecule has 0 bridgehead atoms. The van der Waals surface area contributed by atoms with Gasteiger partial charge in [0.1, 0.15) is 5.82 Å². The van der Waals surface area contributed by atoms with Crippen LogP contribution in [0.5, 0.6) is 0 Å². The monoisotopic (exact) mass is 295 g/mol. The van der Waals surface area contributed by atoms with Crippen LogP contribution < -0.4 is 10.2 Å². The molecule has 2 heterocycles. The number of amides is 1. The number of benzene rings is 1. The number of aromatic amines is 1. The molecule has 112 valence electrons. The summed E-state index contributed by atoms with van der Waals surface area (Å²) in [5.41, 5.74) is 2.26. The van der Waals surface area contributed by atoms with Crippen molar-refractivity contribution in [1.29, 1.82) is 0 Å². The molecule has 6 nitrogen and oxygen atoms in total. The SMILES string of the molecule is CN(C)c1cc(CNC(=O)c2n[nH]c3ccccc23)ccn1. The van der Waals surface area contributed by atoms with Gasteiger partial charge in [-0.25, -0.2) is 4.98 Å². The van der Waals surface area contributed by atoms with Gasteiger partial charge in [-0.2, -0.15) is 5.10 Å². The van der Waals surface area contributed by atoms with Gasteiger partial charge in [0.15, 0.2) is 5.69 Å². The van der Waals surface area contributed by atoms with E-state index in [0.29, 0.717) is 12.2 Å². The maximum absolute atomic E-state index is 12.3. The first-order valence-corrected chi connectivity index (χ1v) is 6.98. The Bertz CT molecular complexity index is 809. The van der Waals surface area contributed by atoms with Crippen molar-refractivity contribution in [1.82, 2.24) is 20.5 Å². The smallest absolute Gasteiger partial charge is 0.272 e. The number of aromatic nitrogens is 3. The summed E-state index contributed by atoms with van der Waals surface area (Å²) in [7, 11) is 3.86. The van der Waals surface area contributed by atoms with Gasteiger partial charge < -0.3 is 10.2 Å². The molecule has 0 aliphatic heterocycles. The number of rotatable bonds is 4. The number of fused-ring (bicyclic) bond motifs is 1. The number of carbonyl (C=O) groups is 1. The van der Waals surface area contributed by atoms with Crippen molar-refractivity contribution in [2.24, 2.45) is 0 Å². The summed E-state index contributed by atoms with van der Waals surface area (Å²) in [6, 6.07) is 11.4. The summed E-state index contributed by atoms with van der Waals surface area (Å²) in [6.45, 7) is 0.434. The molecule has 0 unspecified atom stereocenters. The fourth-order valence-electron chi connectivity index (χ4n) is 2.22. The molecular formula is C16H17N5O. The van der Waals surface area contributed by atoms with Crippen LogP contribution in [0.15, 0.2) is 42.6 Å². The fourth-order valence-corrected chi connectivity index (χ4v) is 2.22. The summed E-state index contributed by atoms with van der Waals surface area (Å²) in [4.78, 5) is 18.5. The van der Waals surface area contributed by atoms with Gasteiger partial charge in [0.2, 0.25) is 0 Å². The van der Waals surface area contributed by atoms with E-state index in [-0.39, 0.29) is 5.91 Å². The Balaban J connectivity index is 1.74. The van der Waals surface area contributed by atoms with Crippen LogP contribution in [0.1, 0.15) is 16.1 Å². The minimum atomic E-state index is -0.194. The Kier molecular flexibility index (Phi) is 3.74. The third-order valence-corrected chi connectivity index (χ3v) is 3.41. The van der Waals surface area contributed by atoms with Crippen molar-refractivity contribution in [3.8, 4) is 0 Å². The maximum atomic E-state index is 12.3. The van der Waals surface area contributed by atoms with Gasteiger partial charge in [-0.3, -0.25) is 9.89 Å². The minimum Gasteiger partial charge on any atom is -0.363 e. The summed E-state index contributed by atoms with van der Waals surface area (Å²) in [6.07, 6.45) is 1.74. The number of hydrogen-bond donors (Lipinski definition) is 2.